The molecule has 2 amide bonds. The Bertz CT molecular complexity index is 2440. The first-order valence-electron chi connectivity index (χ1n) is 32.2. The van der Waals surface area contributed by atoms with E-state index in [0.717, 1.165) is 46.8 Å². The first-order chi connectivity index (χ1) is 37.7. The van der Waals surface area contributed by atoms with Crippen LogP contribution in [0.1, 0.15) is 294 Å². The molecule has 2 unspecified atom stereocenters. The molecule has 0 saturated heterocycles. The van der Waals surface area contributed by atoms with E-state index < -0.39 is 0 Å². The number of rotatable bonds is 40. The van der Waals surface area contributed by atoms with Crippen molar-refractivity contribution in [3.63, 3.8) is 0 Å². The van der Waals surface area contributed by atoms with Gasteiger partial charge in [-0.05, 0) is 96.9 Å². The second kappa shape index (κ2) is 33.4. The Kier molecular flexibility index (Phi) is 27.5. The van der Waals surface area contributed by atoms with Gasteiger partial charge < -0.3 is 9.80 Å². The van der Waals surface area contributed by atoms with Crippen LogP contribution < -0.4 is 0 Å². The highest BCUT2D eigenvalue weighted by Gasteiger charge is 2.50. The molecule has 8 heteroatoms. The highest BCUT2D eigenvalue weighted by Crippen LogP contribution is 2.52. The van der Waals surface area contributed by atoms with Gasteiger partial charge in [-0.3, -0.25) is 9.59 Å². The second-order valence-corrected chi connectivity index (χ2v) is 30.1. The Morgan fingerprint density at radius 3 is 0.897 bits per heavy atom. The van der Waals surface area contributed by atoms with Crippen LogP contribution in [-0.2, 0) is 20.4 Å². The number of amides is 2. The molecule has 0 N–H and O–H groups in total. The molecule has 4 nitrogen and oxygen atoms in total. The van der Waals surface area contributed by atoms with Gasteiger partial charge in [0.2, 0.25) is 0 Å². The highest BCUT2D eigenvalue weighted by atomic mass is 32.1. The molecule has 78 heavy (non-hydrogen) atoms. The number of fused-ring (bicyclic) bond motifs is 1. The minimum atomic E-state index is -0.0410. The summed E-state index contributed by atoms with van der Waals surface area (Å²) < 4.78 is 0. The van der Waals surface area contributed by atoms with Gasteiger partial charge in [-0.25, -0.2) is 0 Å². The van der Waals surface area contributed by atoms with Crippen LogP contribution in [-0.4, -0.2) is 34.7 Å². The SMILES string of the molecule is CCCCCCCCCCC(CCCCCCCC)CN1C(=O)C2=C(c3ccc(C(C)(C)C)s3)N(CC(CCCCCCCC)CCCCCCCCCC)C(=O)C2=C1c1ccc(-c2ccc(-c3ccc(C(C)(C)C)s3)s2)s1. The van der Waals surface area contributed by atoms with Crippen molar-refractivity contribution in [1.82, 2.24) is 9.80 Å². The zero-order chi connectivity index (χ0) is 55.9. The Morgan fingerprint density at radius 1 is 0.333 bits per heavy atom. The van der Waals surface area contributed by atoms with E-state index in [9.17, 15) is 0 Å². The molecule has 0 fully saturated rings. The Hall–Kier alpha value is -2.78. The van der Waals surface area contributed by atoms with Crippen molar-refractivity contribution >= 4 is 68.6 Å². The quantitative estimate of drug-likeness (QED) is 0.0417. The second-order valence-electron chi connectivity index (χ2n) is 25.8. The molecule has 0 bridgehead atoms. The van der Waals surface area contributed by atoms with Gasteiger partial charge in [-0.2, -0.15) is 0 Å². The normalized spacial score (nSPS) is 15.1. The van der Waals surface area contributed by atoms with Gasteiger partial charge in [-0.1, -0.05) is 249 Å². The maximum absolute atomic E-state index is 16.0. The molecule has 0 radical (unpaired) electrons. The van der Waals surface area contributed by atoms with Crippen molar-refractivity contribution in [2.24, 2.45) is 11.8 Å². The van der Waals surface area contributed by atoms with Crippen LogP contribution in [0.15, 0.2) is 59.7 Å². The molecule has 434 valence electrons. The van der Waals surface area contributed by atoms with E-state index >= 15 is 9.59 Å². The largest absolute Gasteiger partial charge is 0.306 e. The van der Waals surface area contributed by atoms with E-state index in [2.05, 4.69) is 128 Å². The summed E-state index contributed by atoms with van der Waals surface area (Å²) in [5.41, 5.74) is 3.20. The molecule has 2 atom stereocenters. The van der Waals surface area contributed by atoms with Crippen LogP contribution in [0.5, 0.6) is 0 Å². The lowest BCUT2D eigenvalue weighted by molar-refractivity contribution is -0.124. The number of thiophene rings is 4. The van der Waals surface area contributed by atoms with Gasteiger partial charge in [0.1, 0.15) is 0 Å². The van der Waals surface area contributed by atoms with E-state index in [1.165, 1.54) is 209 Å². The van der Waals surface area contributed by atoms with Gasteiger partial charge in [-0.15, -0.1) is 45.3 Å². The Labute approximate surface area is 493 Å². The summed E-state index contributed by atoms with van der Waals surface area (Å²) in [5, 5.41) is 0. The summed E-state index contributed by atoms with van der Waals surface area (Å²) in [6.07, 6.45) is 40.7. The average Bonchev–Trinajstić information content (AvgIpc) is 4.46. The smallest absolute Gasteiger partial charge is 0.261 e. The summed E-state index contributed by atoms with van der Waals surface area (Å²) in [6.45, 7) is 24.3. The zero-order valence-electron chi connectivity index (χ0n) is 51.2. The van der Waals surface area contributed by atoms with Gasteiger partial charge in [0.25, 0.3) is 11.8 Å². The maximum atomic E-state index is 16.0. The highest BCUT2D eigenvalue weighted by molar-refractivity contribution is 7.26. The molecule has 4 aromatic heterocycles. The number of hydrogen-bond acceptors (Lipinski definition) is 6. The van der Waals surface area contributed by atoms with Crippen molar-refractivity contribution in [3.8, 4) is 19.5 Å². The van der Waals surface area contributed by atoms with Gasteiger partial charge >= 0.3 is 0 Å². The molecule has 2 aliphatic rings. The van der Waals surface area contributed by atoms with Crippen LogP contribution in [0, 0.1) is 11.8 Å². The lowest BCUT2D eigenvalue weighted by Gasteiger charge is -2.29. The fourth-order valence-electron chi connectivity index (χ4n) is 11.9. The number of carbonyl (C=O) groups is 2. The lowest BCUT2D eigenvalue weighted by atomic mass is 9.93. The van der Waals surface area contributed by atoms with Crippen molar-refractivity contribution in [2.75, 3.05) is 13.1 Å². The van der Waals surface area contributed by atoms with Crippen molar-refractivity contribution in [3.05, 3.63) is 79.2 Å². The van der Waals surface area contributed by atoms with E-state index in [1.54, 1.807) is 22.7 Å². The summed E-state index contributed by atoms with van der Waals surface area (Å²) in [6, 6.07) is 18.2. The number of nitrogens with zero attached hydrogens (tertiary/aromatic N) is 2. The third kappa shape index (κ3) is 19.1. The fourth-order valence-corrected chi connectivity index (χ4v) is 16.4. The van der Waals surface area contributed by atoms with Crippen LogP contribution in [0.3, 0.4) is 0 Å². The number of carbonyl (C=O) groups excluding carboxylic acids is 2. The molecule has 4 aromatic rings. The lowest BCUT2D eigenvalue weighted by Crippen LogP contribution is -2.34. The number of hydrogen-bond donors (Lipinski definition) is 0. The fraction of sp³-hybridized carbons (Fsp3) is 0.686. The van der Waals surface area contributed by atoms with Crippen LogP contribution in [0.2, 0.25) is 0 Å². The summed E-state index contributed by atoms with van der Waals surface area (Å²) in [7, 11) is 0. The molecule has 0 aromatic carbocycles. The first-order valence-corrected chi connectivity index (χ1v) is 35.5. The van der Waals surface area contributed by atoms with E-state index in [-0.39, 0.29) is 22.6 Å². The van der Waals surface area contributed by atoms with Crippen LogP contribution >= 0.6 is 45.3 Å². The predicted molar refractivity (Wildman–Crippen MR) is 347 cm³/mol. The predicted octanol–water partition coefficient (Wildman–Crippen LogP) is 23.5. The van der Waals surface area contributed by atoms with Crippen LogP contribution in [0.4, 0.5) is 0 Å². The topological polar surface area (TPSA) is 40.6 Å². The van der Waals surface area contributed by atoms with Gasteiger partial charge in [0.05, 0.1) is 32.3 Å². The van der Waals surface area contributed by atoms with Gasteiger partial charge in [0, 0.05) is 42.4 Å². The number of unbranched alkanes of at least 4 members (excludes halogenated alkanes) is 24. The molecular formula is C70H108N2O2S4. The average molecular weight is 1140 g/mol. The maximum Gasteiger partial charge on any atom is 0.261 e. The van der Waals surface area contributed by atoms with Gasteiger partial charge in [0.15, 0.2) is 0 Å². The molecule has 6 heterocycles. The van der Waals surface area contributed by atoms with Crippen molar-refractivity contribution < 1.29 is 9.59 Å². The summed E-state index contributed by atoms with van der Waals surface area (Å²) in [5.74, 6) is 0.883. The van der Waals surface area contributed by atoms with Crippen LogP contribution in [0.25, 0.3) is 30.9 Å². The third-order valence-corrected chi connectivity index (χ3v) is 22.4. The van der Waals surface area contributed by atoms with E-state index in [0.29, 0.717) is 36.1 Å². The summed E-state index contributed by atoms with van der Waals surface area (Å²) >= 11 is 7.34. The third-order valence-electron chi connectivity index (χ3n) is 16.8. The zero-order valence-corrected chi connectivity index (χ0v) is 54.4. The van der Waals surface area contributed by atoms with Crippen molar-refractivity contribution in [2.45, 2.75) is 286 Å². The Balaban J connectivity index is 1.40. The molecule has 0 aliphatic carbocycles. The molecule has 0 saturated carbocycles. The van der Waals surface area contributed by atoms with E-state index in [4.69, 9.17) is 0 Å². The molecule has 0 spiro atoms. The molecular weight excluding hydrogens is 1030 g/mol. The van der Waals surface area contributed by atoms with E-state index in [1.807, 2.05) is 22.7 Å². The minimum Gasteiger partial charge on any atom is -0.306 e. The Morgan fingerprint density at radius 2 is 0.577 bits per heavy atom. The summed E-state index contributed by atoms with van der Waals surface area (Å²) in [4.78, 5) is 46.2. The standard InChI is InChI=1S/C70H108N2O2S4/c1-11-15-19-23-27-29-33-37-41-53(39-35-31-25-21-17-13-3)51-71-65(59-46-45-56(76-59)55-43-44-57(75-55)58-47-49-61(77-58)69(5,6)7)63-64(68(71)74)66(60-48-50-62(78-60)70(8,9)10)72(67(63)73)52-54(40-36-32-26-22-18-14-4)42-38-34-30-28-24-20-16-12-2/h43-50,53-54H,11-42,51-52H2,1-10H3. The monoisotopic (exact) mass is 1140 g/mol. The van der Waals surface area contributed by atoms with Crippen molar-refractivity contribution in [1.29, 1.82) is 0 Å². The first kappa shape index (κ1) is 64.4. The minimum absolute atomic E-state index is 0.0410. The molecule has 2 aliphatic heterocycles. The molecule has 6 rings (SSSR count).